The van der Waals surface area contributed by atoms with Gasteiger partial charge in [-0.1, -0.05) is 18.2 Å². The number of carbonyl (C=O) groups excluding carboxylic acids is 2. The first-order valence-corrected chi connectivity index (χ1v) is 8.24. The quantitative estimate of drug-likeness (QED) is 0.522. The van der Waals surface area contributed by atoms with Crippen LogP contribution in [0.25, 0.3) is 5.69 Å². The van der Waals surface area contributed by atoms with Crippen molar-refractivity contribution in [2.45, 2.75) is 26.9 Å². The molecule has 6 heteroatoms. The van der Waals surface area contributed by atoms with Crippen LogP contribution in [0.4, 0.5) is 0 Å². The van der Waals surface area contributed by atoms with E-state index in [-0.39, 0.29) is 11.5 Å². The van der Waals surface area contributed by atoms with Crippen LogP contribution >= 0.6 is 0 Å². The molecule has 2 aromatic heterocycles. The van der Waals surface area contributed by atoms with Crippen LogP contribution in [0.5, 0.6) is 0 Å². The van der Waals surface area contributed by atoms with E-state index in [0.717, 1.165) is 17.1 Å². The Hall–Kier alpha value is -3.28. The topological polar surface area (TPSA) is 74.1 Å². The van der Waals surface area contributed by atoms with Gasteiger partial charge in [-0.05, 0) is 39.0 Å². The second-order valence-electron chi connectivity index (χ2n) is 5.96. The van der Waals surface area contributed by atoms with E-state index in [1.807, 2.05) is 54.8 Å². The maximum absolute atomic E-state index is 12.8. The lowest BCUT2D eigenvalue weighted by atomic mass is 10.1. The van der Waals surface area contributed by atoms with E-state index in [4.69, 9.17) is 4.74 Å². The van der Waals surface area contributed by atoms with Crippen molar-refractivity contribution >= 4 is 11.8 Å². The number of hydrogen-bond donors (Lipinski definition) is 0. The van der Waals surface area contributed by atoms with Crippen LogP contribution in [0.2, 0.25) is 0 Å². The highest BCUT2D eigenvalue weighted by Crippen LogP contribution is 2.22. The van der Waals surface area contributed by atoms with Crippen molar-refractivity contribution in [3.63, 3.8) is 0 Å². The number of para-hydroxylation sites is 1. The zero-order chi connectivity index (χ0) is 18.7. The molecule has 6 nitrogen and oxygen atoms in total. The minimum Gasteiger partial charge on any atom is -0.449 e. The number of benzene rings is 1. The molecule has 0 aliphatic carbocycles. The van der Waals surface area contributed by atoms with Crippen molar-refractivity contribution in [3.8, 4) is 5.69 Å². The molecule has 1 aromatic carbocycles. The molecule has 0 bridgehead atoms. The van der Waals surface area contributed by atoms with Crippen molar-refractivity contribution in [1.29, 1.82) is 0 Å². The average Bonchev–Trinajstić information content (AvgIpc) is 2.96. The van der Waals surface area contributed by atoms with E-state index in [1.54, 1.807) is 6.92 Å². The minimum atomic E-state index is -0.922. The van der Waals surface area contributed by atoms with Crippen LogP contribution in [-0.2, 0) is 4.74 Å². The first kappa shape index (κ1) is 17.5. The van der Waals surface area contributed by atoms with Crippen molar-refractivity contribution in [2.75, 3.05) is 0 Å². The predicted molar refractivity (Wildman–Crippen MR) is 96.5 cm³/mol. The van der Waals surface area contributed by atoms with Crippen LogP contribution in [0.1, 0.15) is 39.2 Å². The van der Waals surface area contributed by atoms with E-state index >= 15 is 0 Å². The third-order valence-electron chi connectivity index (χ3n) is 4.14. The molecule has 1 atom stereocenters. The standard InChI is InChI=1S/C20H19N3O3/c1-13-11-17(14(2)23(13)16-7-5-4-6-8-16)19(24)15(3)26-20(25)18-12-21-9-10-22-18/h4-12,15H,1-3H3/t15-/m1/s1. The molecule has 0 N–H and O–H groups in total. The Morgan fingerprint density at radius 1 is 1.12 bits per heavy atom. The van der Waals surface area contributed by atoms with Crippen LogP contribution < -0.4 is 0 Å². The van der Waals surface area contributed by atoms with Gasteiger partial charge in [0.2, 0.25) is 5.78 Å². The van der Waals surface area contributed by atoms with Crippen molar-refractivity contribution in [1.82, 2.24) is 14.5 Å². The van der Waals surface area contributed by atoms with Gasteiger partial charge in [-0.25, -0.2) is 9.78 Å². The molecule has 0 fully saturated rings. The molecule has 0 spiro atoms. The Labute approximate surface area is 151 Å². The molecule has 0 aliphatic heterocycles. The number of ketones is 1. The summed E-state index contributed by atoms with van der Waals surface area (Å²) < 4.78 is 7.27. The Morgan fingerprint density at radius 3 is 2.50 bits per heavy atom. The third kappa shape index (κ3) is 3.39. The van der Waals surface area contributed by atoms with E-state index in [9.17, 15) is 9.59 Å². The molecule has 2 heterocycles. The molecule has 26 heavy (non-hydrogen) atoms. The Kier molecular flexibility index (Phi) is 4.93. The second-order valence-corrected chi connectivity index (χ2v) is 5.96. The fourth-order valence-electron chi connectivity index (χ4n) is 2.88. The molecule has 0 saturated carbocycles. The summed E-state index contributed by atoms with van der Waals surface area (Å²) in [5.41, 5.74) is 3.32. The molecular formula is C20H19N3O3. The van der Waals surface area contributed by atoms with E-state index in [1.165, 1.54) is 18.6 Å². The zero-order valence-electron chi connectivity index (χ0n) is 14.8. The Balaban J connectivity index is 1.83. The van der Waals surface area contributed by atoms with E-state index in [0.29, 0.717) is 5.56 Å². The summed E-state index contributed by atoms with van der Waals surface area (Å²) in [5.74, 6) is -0.923. The van der Waals surface area contributed by atoms with Gasteiger partial charge in [-0.2, -0.15) is 0 Å². The fraction of sp³-hybridized carbons (Fsp3) is 0.200. The van der Waals surface area contributed by atoms with Crippen LogP contribution in [-0.4, -0.2) is 32.4 Å². The number of hydrogen-bond acceptors (Lipinski definition) is 5. The third-order valence-corrected chi connectivity index (χ3v) is 4.14. The lowest BCUT2D eigenvalue weighted by Crippen LogP contribution is -2.25. The molecule has 0 aliphatic rings. The van der Waals surface area contributed by atoms with Crippen molar-refractivity contribution < 1.29 is 14.3 Å². The SMILES string of the molecule is Cc1cc(C(=O)[C@@H](C)OC(=O)c2cnccn2)c(C)n1-c1ccccc1. The maximum Gasteiger partial charge on any atom is 0.359 e. The fourth-order valence-corrected chi connectivity index (χ4v) is 2.88. The van der Waals surface area contributed by atoms with E-state index < -0.39 is 12.1 Å². The lowest BCUT2D eigenvalue weighted by Gasteiger charge is -2.13. The number of esters is 1. The molecule has 0 unspecified atom stereocenters. The van der Waals surface area contributed by atoms with Crippen LogP contribution in [0, 0.1) is 13.8 Å². The number of carbonyl (C=O) groups is 2. The van der Waals surface area contributed by atoms with Gasteiger partial charge in [-0.3, -0.25) is 9.78 Å². The highest BCUT2D eigenvalue weighted by molar-refractivity contribution is 6.02. The van der Waals surface area contributed by atoms with Gasteiger partial charge in [0.25, 0.3) is 0 Å². The van der Waals surface area contributed by atoms with Gasteiger partial charge in [0, 0.05) is 35.0 Å². The molecular weight excluding hydrogens is 330 g/mol. The first-order valence-electron chi connectivity index (χ1n) is 8.24. The number of aromatic nitrogens is 3. The highest BCUT2D eigenvalue weighted by atomic mass is 16.5. The number of Topliss-reactive ketones (excluding diaryl/α,β-unsaturated/α-hetero) is 1. The molecule has 0 saturated heterocycles. The average molecular weight is 349 g/mol. The lowest BCUT2D eigenvalue weighted by molar-refractivity contribution is 0.0312. The van der Waals surface area contributed by atoms with Gasteiger partial charge in [0.05, 0.1) is 6.20 Å². The Morgan fingerprint density at radius 2 is 1.85 bits per heavy atom. The summed E-state index contributed by atoms with van der Waals surface area (Å²) in [6.45, 7) is 5.38. The summed E-state index contributed by atoms with van der Waals surface area (Å²) in [4.78, 5) is 32.6. The van der Waals surface area contributed by atoms with Crippen LogP contribution in [0.15, 0.2) is 55.0 Å². The number of aryl methyl sites for hydroxylation is 1. The summed E-state index contributed by atoms with van der Waals surface area (Å²) in [6.07, 6.45) is 3.25. The summed E-state index contributed by atoms with van der Waals surface area (Å²) in [7, 11) is 0. The number of rotatable bonds is 5. The Bertz CT molecular complexity index is 934. The van der Waals surface area contributed by atoms with Crippen molar-refractivity contribution in [2.24, 2.45) is 0 Å². The van der Waals surface area contributed by atoms with Gasteiger partial charge in [0.15, 0.2) is 11.8 Å². The van der Waals surface area contributed by atoms with Gasteiger partial charge in [-0.15, -0.1) is 0 Å². The molecule has 132 valence electrons. The maximum atomic E-state index is 12.8. The minimum absolute atomic E-state index is 0.0712. The first-order chi connectivity index (χ1) is 12.5. The number of ether oxygens (including phenoxy) is 1. The zero-order valence-corrected chi connectivity index (χ0v) is 14.8. The van der Waals surface area contributed by atoms with Crippen LogP contribution in [0.3, 0.4) is 0 Å². The molecule has 0 amide bonds. The smallest absolute Gasteiger partial charge is 0.359 e. The summed E-state index contributed by atoms with van der Waals surface area (Å²) >= 11 is 0. The monoisotopic (exact) mass is 349 g/mol. The molecule has 3 aromatic rings. The second kappa shape index (κ2) is 7.31. The highest BCUT2D eigenvalue weighted by Gasteiger charge is 2.25. The van der Waals surface area contributed by atoms with Gasteiger partial charge < -0.3 is 9.30 Å². The van der Waals surface area contributed by atoms with Gasteiger partial charge in [0.1, 0.15) is 0 Å². The van der Waals surface area contributed by atoms with E-state index in [2.05, 4.69) is 9.97 Å². The summed E-state index contributed by atoms with van der Waals surface area (Å²) in [5, 5.41) is 0. The molecule has 0 radical (unpaired) electrons. The number of nitrogens with zero attached hydrogens (tertiary/aromatic N) is 3. The van der Waals surface area contributed by atoms with Crippen molar-refractivity contribution in [3.05, 3.63) is 77.6 Å². The predicted octanol–water partition coefficient (Wildman–Crippen LogP) is 3.31. The summed E-state index contributed by atoms with van der Waals surface area (Å²) in [6, 6.07) is 11.6. The molecule has 3 rings (SSSR count). The van der Waals surface area contributed by atoms with Gasteiger partial charge >= 0.3 is 5.97 Å². The largest absolute Gasteiger partial charge is 0.449 e. The normalized spacial score (nSPS) is 11.8.